The molecule has 7 heteroatoms. The maximum atomic E-state index is 5.89. The van der Waals surface area contributed by atoms with Gasteiger partial charge >= 0.3 is 0 Å². The Balaban J connectivity index is 1.55. The summed E-state index contributed by atoms with van der Waals surface area (Å²) in [5, 5.41) is 4.37. The number of ether oxygens (including phenoxy) is 2. The van der Waals surface area contributed by atoms with Crippen molar-refractivity contribution in [3.8, 4) is 11.5 Å². The Kier molecular flexibility index (Phi) is 3.65. The van der Waals surface area contributed by atoms with Crippen LogP contribution in [0.25, 0.3) is 5.78 Å². The summed E-state index contributed by atoms with van der Waals surface area (Å²) in [5.41, 5.74) is 2.19. The van der Waals surface area contributed by atoms with Crippen LogP contribution in [-0.4, -0.2) is 39.3 Å². The van der Waals surface area contributed by atoms with E-state index in [4.69, 9.17) is 9.47 Å². The number of anilines is 1. The highest BCUT2D eigenvalue weighted by molar-refractivity contribution is 5.52. The third kappa shape index (κ3) is 2.55. The molecule has 0 radical (unpaired) electrons. The van der Waals surface area contributed by atoms with Crippen molar-refractivity contribution in [3.05, 3.63) is 41.9 Å². The zero-order valence-electron chi connectivity index (χ0n) is 14.8. The number of aromatic nitrogens is 4. The van der Waals surface area contributed by atoms with Gasteiger partial charge in [-0.3, -0.25) is 0 Å². The summed E-state index contributed by atoms with van der Waals surface area (Å²) in [5.74, 6) is 3.38. The van der Waals surface area contributed by atoms with Gasteiger partial charge in [-0.05, 0) is 37.5 Å². The van der Waals surface area contributed by atoms with Crippen molar-refractivity contribution in [2.45, 2.75) is 32.2 Å². The number of nitrogens with zero attached hydrogens (tertiary/aromatic N) is 5. The summed E-state index contributed by atoms with van der Waals surface area (Å²) < 4.78 is 13.5. The van der Waals surface area contributed by atoms with E-state index in [-0.39, 0.29) is 6.04 Å². The quantitative estimate of drug-likeness (QED) is 0.707. The topological polar surface area (TPSA) is 64.8 Å². The van der Waals surface area contributed by atoms with Crippen LogP contribution < -0.4 is 14.4 Å². The average Bonchev–Trinajstić information content (AvgIpc) is 3.25. The molecule has 7 nitrogen and oxygen atoms in total. The van der Waals surface area contributed by atoms with Crippen molar-refractivity contribution in [3.63, 3.8) is 0 Å². The Morgan fingerprint density at radius 2 is 1.96 bits per heavy atom. The molecular weight excluding hydrogens is 330 g/mol. The minimum atomic E-state index is 0.279. The highest BCUT2D eigenvalue weighted by Gasteiger charge is 2.29. The molecule has 0 bridgehead atoms. The van der Waals surface area contributed by atoms with Gasteiger partial charge in [-0.25, -0.2) is 4.98 Å². The summed E-state index contributed by atoms with van der Waals surface area (Å²) in [6.45, 7) is 4.39. The van der Waals surface area contributed by atoms with Crippen LogP contribution in [0.5, 0.6) is 11.5 Å². The lowest BCUT2D eigenvalue weighted by Gasteiger charge is -2.27. The smallest absolute Gasteiger partial charge is 0.254 e. The third-order valence-corrected chi connectivity index (χ3v) is 5.06. The van der Waals surface area contributed by atoms with Crippen molar-refractivity contribution in [2.24, 2.45) is 0 Å². The number of hydrogen-bond donors (Lipinski definition) is 0. The predicted molar refractivity (Wildman–Crippen MR) is 96.9 cm³/mol. The van der Waals surface area contributed by atoms with Crippen LogP contribution in [0.4, 0.5) is 5.82 Å². The molecule has 0 aliphatic carbocycles. The van der Waals surface area contributed by atoms with E-state index in [1.54, 1.807) is 6.33 Å². The molecule has 0 N–H and O–H groups in total. The monoisotopic (exact) mass is 351 g/mol. The fourth-order valence-electron chi connectivity index (χ4n) is 3.89. The molecule has 4 heterocycles. The zero-order chi connectivity index (χ0) is 17.5. The molecule has 5 rings (SSSR count). The summed E-state index contributed by atoms with van der Waals surface area (Å²) in [6, 6.07) is 8.69. The Bertz CT molecular complexity index is 954. The molecule has 134 valence electrons. The highest BCUT2D eigenvalue weighted by Crippen LogP contribution is 2.40. The van der Waals surface area contributed by atoms with Gasteiger partial charge in [0.05, 0.1) is 19.3 Å². The fraction of sp³-hybridized carbons (Fsp3) is 0.421. The van der Waals surface area contributed by atoms with Crippen molar-refractivity contribution in [2.75, 3.05) is 24.7 Å². The normalized spacial score (nSPS) is 19.7. The van der Waals surface area contributed by atoms with Crippen LogP contribution >= 0.6 is 0 Å². The van der Waals surface area contributed by atoms with Crippen LogP contribution in [0.15, 0.2) is 30.6 Å². The van der Waals surface area contributed by atoms with Crippen LogP contribution in [0, 0.1) is 6.92 Å². The second-order valence-electron chi connectivity index (χ2n) is 6.84. The van der Waals surface area contributed by atoms with E-state index in [0.717, 1.165) is 48.8 Å². The molecule has 2 aromatic heterocycles. The number of aryl methyl sites for hydroxylation is 1. The molecule has 26 heavy (non-hydrogen) atoms. The van der Waals surface area contributed by atoms with Crippen LogP contribution in [0.1, 0.15) is 36.6 Å². The minimum Gasteiger partial charge on any atom is -0.490 e. The lowest BCUT2D eigenvalue weighted by atomic mass is 10.0. The summed E-state index contributed by atoms with van der Waals surface area (Å²) >= 11 is 0. The molecule has 0 saturated carbocycles. The SMILES string of the molecule is Cc1cc(N2CCC[C@@H]2c2ccc3c(c2)OCCCO3)n2ncnc2n1. The van der Waals surface area contributed by atoms with E-state index in [1.807, 2.05) is 17.5 Å². The Morgan fingerprint density at radius 3 is 2.88 bits per heavy atom. The standard InChI is InChI=1S/C19H21N5O2/c1-13-10-18(24-19(22-13)20-12-21-24)23-7-2-4-15(23)14-5-6-16-17(11-14)26-9-3-8-25-16/h5-6,10-12,15H,2-4,7-9H2,1H3/t15-/m1/s1. The molecule has 1 fully saturated rings. The first-order valence-corrected chi connectivity index (χ1v) is 9.13. The van der Waals surface area contributed by atoms with E-state index in [0.29, 0.717) is 19.0 Å². The zero-order valence-corrected chi connectivity index (χ0v) is 14.8. The van der Waals surface area contributed by atoms with E-state index in [9.17, 15) is 0 Å². The van der Waals surface area contributed by atoms with Crippen LogP contribution in [0.3, 0.4) is 0 Å². The van der Waals surface area contributed by atoms with E-state index in [1.165, 1.54) is 5.56 Å². The molecule has 0 unspecified atom stereocenters. The molecule has 1 atom stereocenters. The maximum absolute atomic E-state index is 5.89. The number of benzene rings is 1. The van der Waals surface area contributed by atoms with Gasteiger partial charge in [-0.2, -0.15) is 14.6 Å². The predicted octanol–water partition coefficient (Wildman–Crippen LogP) is 2.94. The molecule has 2 aliphatic heterocycles. The summed E-state index contributed by atoms with van der Waals surface area (Å²) in [6.07, 6.45) is 4.71. The van der Waals surface area contributed by atoms with Gasteiger partial charge in [-0.15, -0.1) is 0 Å². The van der Waals surface area contributed by atoms with E-state index in [2.05, 4.69) is 38.2 Å². The molecular formula is C19H21N5O2. The van der Waals surface area contributed by atoms with E-state index >= 15 is 0 Å². The van der Waals surface area contributed by atoms with Crippen molar-refractivity contribution < 1.29 is 9.47 Å². The van der Waals surface area contributed by atoms with Crippen molar-refractivity contribution >= 4 is 11.6 Å². The lowest BCUT2D eigenvalue weighted by molar-refractivity contribution is 0.297. The van der Waals surface area contributed by atoms with Crippen molar-refractivity contribution in [1.29, 1.82) is 0 Å². The molecule has 0 amide bonds. The van der Waals surface area contributed by atoms with Gasteiger partial charge in [0.25, 0.3) is 5.78 Å². The second-order valence-corrected chi connectivity index (χ2v) is 6.84. The average molecular weight is 351 g/mol. The van der Waals surface area contributed by atoms with Gasteiger partial charge < -0.3 is 14.4 Å². The molecule has 1 aromatic carbocycles. The third-order valence-electron chi connectivity index (χ3n) is 5.06. The Morgan fingerprint density at radius 1 is 1.08 bits per heavy atom. The first-order valence-electron chi connectivity index (χ1n) is 9.13. The Hall–Kier alpha value is -2.83. The first-order chi connectivity index (χ1) is 12.8. The first kappa shape index (κ1) is 15.4. The summed E-state index contributed by atoms with van der Waals surface area (Å²) in [7, 11) is 0. The maximum Gasteiger partial charge on any atom is 0.254 e. The second kappa shape index (κ2) is 6.16. The van der Waals surface area contributed by atoms with Crippen LogP contribution in [0.2, 0.25) is 0 Å². The molecule has 3 aromatic rings. The van der Waals surface area contributed by atoms with Gasteiger partial charge in [0.1, 0.15) is 12.1 Å². The van der Waals surface area contributed by atoms with Crippen molar-refractivity contribution in [1.82, 2.24) is 19.6 Å². The number of rotatable bonds is 2. The van der Waals surface area contributed by atoms with Gasteiger partial charge in [0, 0.05) is 24.7 Å². The number of hydrogen-bond acceptors (Lipinski definition) is 6. The summed E-state index contributed by atoms with van der Waals surface area (Å²) in [4.78, 5) is 11.1. The molecule has 1 saturated heterocycles. The lowest BCUT2D eigenvalue weighted by Crippen LogP contribution is -2.25. The van der Waals surface area contributed by atoms with Gasteiger partial charge in [-0.1, -0.05) is 6.07 Å². The number of fused-ring (bicyclic) bond motifs is 2. The molecule has 0 spiro atoms. The van der Waals surface area contributed by atoms with Crippen LogP contribution in [-0.2, 0) is 0 Å². The van der Waals surface area contributed by atoms with Gasteiger partial charge in [0.15, 0.2) is 11.5 Å². The highest BCUT2D eigenvalue weighted by atomic mass is 16.5. The fourth-order valence-corrected chi connectivity index (χ4v) is 3.89. The van der Waals surface area contributed by atoms with E-state index < -0.39 is 0 Å². The minimum absolute atomic E-state index is 0.279. The largest absolute Gasteiger partial charge is 0.490 e. The Labute approximate surface area is 151 Å². The van der Waals surface area contributed by atoms with Gasteiger partial charge in [0.2, 0.25) is 0 Å². The molecule has 2 aliphatic rings.